The van der Waals surface area contributed by atoms with Crippen LogP contribution in [0.15, 0.2) is 59.6 Å². The maximum absolute atomic E-state index is 6.03. The summed E-state index contributed by atoms with van der Waals surface area (Å²) < 4.78 is 11.4. The number of ether oxygens (including phenoxy) is 2. The van der Waals surface area contributed by atoms with E-state index in [1.807, 2.05) is 38.2 Å². The summed E-state index contributed by atoms with van der Waals surface area (Å²) >= 11 is 0. The van der Waals surface area contributed by atoms with Crippen molar-refractivity contribution in [3.05, 3.63) is 60.2 Å². The molecular weight excluding hydrogens is 515 g/mol. The van der Waals surface area contributed by atoms with E-state index in [4.69, 9.17) is 9.47 Å². The van der Waals surface area contributed by atoms with Crippen molar-refractivity contribution < 1.29 is 9.47 Å². The summed E-state index contributed by atoms with van der Waals surface area (Å²) in [6, 6.07) is 19.4. The number of nitrogens with one attached hydrogen (secondary N) is 2. The number of rotatable bonds is 8. The SMILES string of the molecule is CN=C(NCC(C)Oc1ccccc1OC)NC1CCN(Cc2ccccc2)C(C)C1.I. The number of methoxy groups -OCH3 is 1. The lowest BCUT2D eigenvalue weighted by molar-refractivity contribution is 0.134. The highest BCUT2D eigenvalue weighted by Crippen LogP contribution is 2.26. The fraction of sp³-hybridized carbons (Fsp3) is 0.480. The number of guanidine groups is 1. The lowest BCUT2D eigenvalue weighted by Gasteiger charge is -2.38. The summed E-state index contributed by atoms with van der Waals surface area (Å²) in [6.45, 7) is 7.10. The Morgan fingerprint density at radius 3 is 2.47 bits per heavy atom. The van der Waals surface area contributed by atoms with Gasteiger partial charge in [-0.25, -0.2) is 0 Å². The van der Waals surface area contributed by atoms with Gasteiger partial charge >= 0.3 is 0 Å². The van der Waals surface area contributed by atoms with Gasteiger partial charge in [-0.05, 0) is 44.4 Å². The number of halogens is 1. The van der Waals surface area contributed by atoms with Gasteiger partial charge in [0.25, 0.3) is 0 Å². The predicted octanol–water partition coefficient (Wildman–Crippen LogP) is 4.30. The van der Waals surface area contributed by atoms with Crippen molar-refractivity contribution in [1.29, 1.82) is 0 Å². The molecule has 0 aromatic heterocycles. The van der Waals surface area contributed by atoms with E-state index in [0.29, 0.717) is 18.6 Å². The molecule has 2 aromatic carbocycles. The van der Waals surface area contributed by atoms with Gasteiger partial charge in [0, 0.05) is 32.2 Å². The maximum Gasteiger partial charge on any atom is 0.191 e. The molecule has 2 aromatic rings. The summed E-state index contributed by atoms with van der Waals surface area (Å²) in [5.41, 5.74) is 1.38. The molecule has 1 saturated heterocycles. The Kier molecular flexibility index (Phi) is 11.1. The Bertz CT molecular complexity index is 834. The Morgan fingerprint density at radius 2 is 1.81 bits per heavy atom. The molecule has 1 aliphatic heterocycles. The first-order chi connectivity index (χ1) is 15.1. The van der Waals surface area contributed by atoms with E-state index < -0.39 is 0 Å². The number of hydrogen-bond acceptors (Lipinski definition) is 4. The normalized spacial score (nSPS) is 20.1. The number of likely N-dealkylation sites (tertiary alicyclic amines) is 1. The minimum Gasteiger partial charge on any atom is -0.493 e. The van der Waals surface area contributed by atoms with E-state index >= 15 is 0 Å². The molecule has 3 rings (SSSR count). The van der Waals surface area contributed by atoms with Gasteiger partial charge < -0.3 is 20.1 Å². The summed E-state index contributed by atoms with van der Waals surface area (Å²) in [4.78, 5) is 6.97. The summed E-state index contributed by atoms with van der Waals surface area (Å²) in [5.74, 6) is 2.32. The number of piperidine rings is 1. The Hall–Kier alpha value is -2.00. The van der Waals surface area contributed by atoms with E-state index in [9.17, 15) is 0 Å². The van der Waals surface area contributed by atoms with Crippen molar-refractivity contribution in [3.8, 4) is 11.5 Å². The number of hydrogen-bond donors (Lipinski definition) is 2. The summed E-state index contributed by atoms with van der Waals surface area (Å²) in [7, 11) is 3.47. The fourth-order valence-electron chi connectivity index (χ4n) is 4.01. The Balaban J connectivity index is 0.00000363. The largest absolute Gasteiger partial charge is 0.493 e. The highest BCUT2D eigenvalue weighted by molar-refractivity contribution is 14.0. The number of nitrogens with zero attached hydrogens (tertiary/aromatic N) is 2. The van der Waals surface area contributed by atoms with E-state index in [1.54, 1.807) is 7.11 Å². The molecule has 6 nitrogen and oxygen atoms in total. The number of para-hydroxylation sites is 2. The average Bonchev–Trinajstić information content (AvgIpc) is 2.79. The molecule has 0 radical (unpaired) electrons. The van der Waals surface area contributed by atoms with Gasteiger partial charge in [0.1, 0.15) is 6.10 Å². The lowest BCUT2D eigenvalue weighted by atomic mass is 9.97. The second-order valence-electron chi connectivity index (χ2n) is 8.20. The van der Waals surface area contributed by atoms with Gasteiger partial charge in [-0.1, -0.05) is 42.5 Å². The van der Waals surface area contributed by atoms with Crippen LogP contribution in [0.1, 0.15) is 32.3 Å². The molecule has 3 unspecified atom stereocenters. The van der Waals surface area contributed by atoms with Crippen LogP contribution in [0, 0.1) is 0 Å². The quantitative estimate of drug-likeness (QED) is 0.291. The monoisotopic (exact) mass is 552 g/mol. The molecule has 0 spiro atoms. The van der Waals surface area contributed by atoms with Gasteiger partial charge in [-0.2, -0.15) is 0 Å². The van der Waals surface area contributed by atoms with Gasteiger partial charge in [0.15, 0.2) is 17.5 Å². The van der Waals surface area contributed by atoms with Gasteiger partial charge in [0.2, 0.25) is 0 Å². The molecular formula is C25H37IN4O2. The molecule has 0 bridgehead atoms. The average molecular weight is 553 g/mol. The zero-order valence-electron chi connectivity index (χ0n) is 19.6. The molecule has 1 aliphatic rings. The van der Waals surface area contributed by atoms with Crippen LogP contribution in [0.3, 0.4) is 0 Å². The van der Waals surface area contributed by atoms with Crippen molar-refractivity contribution in [2.45, 2.75) is 51.4 Å². The summed E-state index contributed by atoms with van der Waals surface area (Å²) in [6.07, 6.45) is 2.17. The van der Waals surface area contributed by atoms with Gasteiger partial charge in [-0.3, -0.25) is 9.89 Å². The van der Waals surface area contributed by atoms with E-state index in [1.165, 1.54) is 5.56 Å². The van der Waals surface area contributed by atoms with Crippen LogP contribution in [-0.2, 0) is 6.54 Å². The van der Waals surface area contributed by atoms with Gasteiger partial charge in [0.05, 0.1) is 13.7 Å². The molecule has 0 aliphatic carbocycles. The Labute approximate surface area is 209 Å². The van der Waals surface area contributed by atoms with Crippen LogP contribution in [-0.4, -0.2) is 56.3 Å². The minimum atomic E-state index is -0.0264. The first kappa shape index (κ1) is 26.3. The van der Waals surface area contributed by atoms with E-state index in [0.717, 1.165) is 43.4 Å². The van der Waals surface area contributed by atoms with Crippen molar-refractivity contribution in [2.24, 2.45) is 4.99 Å². The lowest BCUT2D eigenvalue weighted by Crippen LogP contribution is -2.52. The predicted molar refractivity (Wildman–Crippen MR) is 142 cm³/mol. The second kappa shape index (κ2) is 13.5. The molecule has 3 atom stereocenters. The zero-order valence-corrected chi connectivity index (χ0v) is 21.9. The van der Waals surface area contributed by atoms with Gasteiger partial charge in [-0.15, -0.1) is 24.0 Å². The fourth-order valence-corrected chi connectivity index (χ4v) is 4.01. The molecule has 1 fully saturated rings. The van der Waals surface area contributed by atoms with E-state index in [-0.39, 0.29) is 30.1 Å². The third kappa shape index (κ3) is 7.85. The van der Waals surface area contributed by atoms with Crippen molar-refractivity contribution >= 4 is 29.9 Å². The molecule has 32 heavy (non-hydrogen) atoms. The molecule has 7 heteroatoms. The van der Waals surface area contributed by atoms with Crippen LogP contribution < -0.4 is 20.1 Å². The third-order valence-electron chi connectivity index (χ3n) is 5.76. The molecule has 0 amide bonds. The van der Waals surface area contributed by atoms with Crippen molar-refractivity contribution in [3.63, 3.8) is 0 Å². The zero-order chi connectivity index (χ0) is 22.1. The second-order valence-corrected chi connectivity index (χ2v) is 8.20. The van der Waals surface area contributed by atoms with Crippen LogP contribution in [0.25, 0.3) is 0 Å². The topological polar surface area (TPSA) is 58.1 Å². The number of aliphatic imine (C=N–C) groups is 1. The standard InChI is InChI=1S/C25H36N4O2.HI/c1-19-16-22(14-15-29(19)18-21-10-6-5-7-11-21)28-25(26-3)27-17-20(2)31-24-13-9-8-12-23(24)30-4;/h5-13,19-20,22H,14-18H2,1-4H3,(H2,26,27,28);1H. The first-order valence-corrected chi connectivity index (χ1v) is 11.1. The third-order valence-corrected chi connectivity index (χ3v) is 5.76. The van der Waals surface area contributed by atoms with E-state index in [2.05, 4.69) is 57.8 Å². The smallest absolute Gasteiger partial charge is 0.191 e. The number of benzene rings is 2. The van der Waals surface area contributed by atoms with Crippen molar-refractivity contribution in [2.75, 3.05) is 27.2 Å². The first-order valence-electron chi connectivity index (χ1n) is 11.1. The highest BCUT2D eigenvalue weighted by Gasteiger charge is 2.26. The maximum atomic E-state index is 6.03. The molecule has 176 valence electrons. The minimum absolute atomic E-state index is 0. The van der Waals surface area contributed by atoms with Crippen LogP contribution >= 0.6 is 24.0 Å². The van der Waals surface area contributed by atoms with Crippen LogP contribution in [0.4, 0.5) is 0 Å². The molecule has 1 heterocycles. The highest BCUT2D eigenvalue weighted by atomic mass is 127. The Morgan fingerprint density at radius 1 is 1.12 bits per heavy atom. The molecule has 2 N–H and O–H groups in total. The van der Waals surface area contributed by atoms with Crippen LogP contribution in [0.2, 0.25) is 0 Å². The van der Waals surface area contributed by atoms with Crippen LogP contribution in [0.5, 0.6) is 11.5 Å². The summed E-state index contributed by atoms with van der Waals surface area (Å²) in [5, 5.41) is 6.99. The molecule has 0 saturated carbocycles. The van der Waals surface area contributed by atoms with Crippen molar-refractivity contribution in [1.82, 2.24) is 15.5 Å².